The van der Waals surface area contributed by atoms with E-state index in [1.807, 2.05) is 6.08 Å². The van der Waals surface area contributed by atoms with E-state index in [1.54, 1.807) is 6.08 Å². The van der Waals surface area contributed by atoms with Gasteiger partial charge in [0.15, 0.2) is 0 Å². The maximum absolute atomic E-state index is 12.4. The second-order valence-electron chi connectivity index (χ2n) is 21.0. The zero-order valence-corrected chi connectivity index (χ0v) is 45.4. The Labute approximate surface area is 419 Å². The number of amides is 1. The van der Waals surface area contributed by atoms with Crippen molar-refractivity contribution in [3.8, 4) is 0 Å². The lowest BCUT2D eigenvalue weighted by atomic mass is 10.0. The zero-order valence-electron chi connectivity index (χ0n) is 45.4. The van der Waals surface area contributed by atoms with Crippen molar-refractivity contribution in [1.82, 2.24) is 5.32 Å². The summed E-state index contributed by atoms with van der Waals surface area (Å²) >= 11 is 0. The van der Waals surface area contributed by atoms with Crippen LogP contribution >= 0.6 is 0 Å². The number of unbranched alkanes of at least 4 members (excludes halogenated alkanes) is 46. The molecule has 6 nitrogen and oxygen atoms in total. The van der Waals surface area contributed by atoms with Crippen molar-refractivity contribution < 1.29 is 24.5 Å². The number of allylic oxidation sites excluding steroid dienone is 1. The fraction of sp³-hybridized carbons (Fsp3) is 0.934. The lowest BCUT2D eigenvalue weighted by molar-refractivity contribution is -0.143. The molecule has 1 amide bonds. The summed E-state index contributed by atoms with van der Waals surface area (Å²) in [5, 5.41) is 23.1. The van der Waals surface area contributed by atoms with Gasteiger partial charge in [0, 0.05) is 12.8 Å². The van der Waals surface area contributed by atoms with Crippen LogP contribution in [0.2, 0.25) is 0 Å². The summed E-state index contributed by atoms with van der Waals surface area (Å²) in [7, 11) is 0. The van der Waals surface area contributed by atoms with Crippen molar-refractivity contribution >= 4 is 11.9 Å². The van der Waals surface area contributed by atoms with Gasteiger partial charge in [0.1, 0.15) is 0 Å². The number of aliphatic hydroxyl groups is 2. The number of hydrogen-bond donors (Lipinski definition) is 3. The predicted molar refractivity (Wildman–Crippen MR) is 292 cm³/mol. The molecular formula is C61H119NO5. The van der Waals surface area contributed by atoms with Crippen LogP contribution in [0.25, 0.3) is 0 Å². The van der Waals surface area contributed by atoms with Crippen LogP contribution in [-0.2, 0) is 14.3 Å². The molecule has 0 aliphatic rings. The van der Waals surface area contributed by atoms with Gasteiger partial charge in [-0.3, -0.25) is 9.59 Å². The van der Waals surface area contributed by atoms with Gasteiger partial charge in [0.2, 0.25) is 5.91 Å². The molecule has 2 atom stereocenters. The zero-order chi connectivity index (χ0) is 48.6. The van der Waals surface area contributed by atoms with Crippen molar-refractivity contribution in [2.24, 2.45) is 0 Å². The largest absolute Gasteiger partial charge is 0.466 e. The van der Waals surface area contributed by atoms with Crippen LogP contribution in [0.1, 0.15) is 341 Å². The number of ether oxygens (including phenoxy) is 1. The maximum atomic E-state index is 12.4. The highest BCUT2D eigenvalue weighted by Crippen LogP contribution is 2.18. The fourth-order valence-corrected chi connectivity index (χ4v) is 9.64. The van der Waals surface area contributed by atoms with Gasteiger partial charge < -0.3 is 20.3 Å². The summed E-state index contributed by atoms with van der Waals surface area (Å²) in [5.74, 6) is -0.0486. The first-order chi connectivity index (χ1) is 33.0. The summed E-state index contributed by atoms with van der Waals surface area (Å²) in [6.45, 7) is 4.92. The molecule has 0 aliphatic heterocycles. The van der Waals surface area contributed by atoms with Gasteiger partial charge in [0.05, 0.1) is 25.4 Å². The van der Waals surface area contributed by atoms with Crippen LogP contribution in [0.5, 0.6) is 0 Å². The molecule has 0 aromatic rings. The van der Waals surface area contributed by atoms with Crippen LogP contribution in [0.4, 0.5) is 0 Å². The smallest absolute Gasteiger partial charge is 0.305 e. The van der Waals surface area contributed by atoms with E-state index in [2.05, 4.69) is 19.2 Å². The summed E-state index contributed by atoms with van der Waals surface area (Å²) in [6.07, 6.45) is 68.2. The average Bonchev–Trinajstić information content (AvgIpc) is 3.33. The molecule has 398 valence electrons. The summed E-state index contributed by atoms with van der Waals surface area (Å²) in [5.41, 5.74) is 0. The van der Waals surface area contributed by atoms with Crippen molar-refractivity contribution in [2.75, 3.05) is 13.2 Å². The molecule has 0 saturated carbocycles. The van der Waals surface area contributed by atoms with Crippen LogP contribution in [0, 0.1) is 0 Å². The van der Waals surface area contributed by atoms with Gasteiger partial charge in [-0.1, -0.05) is 309 Å². The van der Waals surface area contributed by atoms with E-state index < -0.39 is 12.1 Å². The van der Waals surface area contributed by atoms with Gasteiger partial charge in [-0.25, -0.2) is 0 Å². The molecule has 0 heterocycles. The van der Waals surface area contributed by atoms with Gasteiger partial charge in [-0.2, -0.15) is 0 Å². The number of carbonyl (C=O) groups is 2. The standard InChI is InChI=1S/C61H119NO5/c1-3-5-7-9-11-13-15-29-33-37-41-45-49-53-59(64)58(57-63)62-60(65)54-50-46-42-38-34-31-27-25-23-21-19-17-18-20-22-24-26-28-32-36-40-44-48-52-56-67-61(66)55-51-47-43-39-35-30-16-14-12-10-8-6-4-2/h49,53,58-59,63-64H,3-48,50-52,54-57H2,1-2H3,(H,62,65)/b53-49+. The number of esters is 1. The molecule has 3 N–H and O–H groups in total. The van der Waals surface area contributed by atoms with Gasteiger partial charge >= 0.3 is 5.97 Å². The third-order valence-electron chi connectivity index (χ3n) is 14.3. The topological polar surface area (TPSA) is 95.9 Å². The lowest BCUT2D eigenvalue weighted by Gasteiger charge is -2.20. The molecule has 2 unspecified atom stereocenters. The third-order valence-corrected chi connectivity index (χ3v) is 14.3. The van der Waals surface area contributed by atoms with Crippen molar-refractivity contribution in [2.45, 2.75) is 353 Å². The molecule has 0 bridgehead atoms. The Morgan fingerprint density at radius 2 is 0.687 bits per heavy atom. The highest BCUT2D eigenvalue weighted by atomic mass is 16.5. The molecule has 0 fully saturated rings. The normalized spacial score (nSPS) is 12.6. The molecule has 6 heteroatoms. The number of rotatable bonds is 57. The summed E-state index contributed by atoms with van der Waals surface area (Å²) in [4.78, 5) is 24.5. The third kappa shape index (κ3) is 53.8. The molecule has 0 aromatic carbocycles. The summed E-state index contributed by atoms with van der Waals surface area (Å²) < 4.78 is 5.48. The van der Waals surface area contributed by atoms with Crippen LogP contribution in [-0.4, -0.2) is 47.4 Å². The molecular weight excluding hydrogens is 827 g/mol. The van der Waals surface area contributed by atoms with Crippen LogP contribution in [0.3, 0.4) is 0 Å². The van der Waals surface area contributed by atoms with Crippen molar-refractivity contribution in [1.29, 1.82) is 0 Å². The molecule has 0 rings (SSSR count). The van der Waals surface area contributed by atoms with E-state index in [0.29, 0.717) is 19.4 Å². The predicted octanol–water partition coefficient (Wildman–Crippen LogP) is 18.9. The Balaban J connectivity index is 3.36. The average molecular weight is 947 g/mol. The lowest BCUT2D eigenvalue weighted by Crippen LogP contribution is -2.45. The quantitative estimate of drug-likeness (QED) is 0.0321. The Morgan fingerprint density at radius 3 is 1.01 bits per heavy atom. The molecule has 0 radical (unpaired) electrons. The number of carbonyl (C=O) groups excluding carboxylic acids is 2. The number of hydrogen-bond acceptors (Lipinski definition) is 5. The molecule has 67 heavy (non-hydrogen) atoms. The first-order valence-electron chi connectivity index (χ1n) is 30.5. The monoisotopic (exact) mass is 946 g/mol. The van der Waals surface area contributed by atoms with E-state index in [9.17, 15) is 19.8 Å². The molecule has 0 aromatic heterocycles. The second-order valence-corrected chi connectivity index (χ2v) is 21.0. The SMILES string of the molecule is CCCCCCCCCCCCC/C=C/C(O)C(CO)NC(=O)CCCCCCCCCCCCCCCCCCCCCCCCCCOC(=O)CCCCCCCCCCCCCCC. The highest BCUT2D eigenvalue weighted by molar-refractivity contribution is 5.76. The van der Waals surface area contributed by atoms with Crippen molar-refractivity contribution in [3.63, 3.8) is 0 Å². The number of aliphatic hydroxyl groups excluding tert-OH is 2. The van der Waals surface area contributed by atoms with E-state index in [0.717, 1.165) is 38.5 Å². The minimum absolute atomic E-state index is 0.0169. The van der Waals surface area contributed by atoms with E-state index >= 15 is 0 Å². The van der Waals surface area contributed by atoms with E-state index in [1.165, 1.54) is 276 Å². The Bertz CT molecular complexity index is 1000. The molecule has 0 aliphatic carbocycles. The minimum Gasteiger partial charge on any atom is -0.466 e. The molecule has 0 saturated heterocycles. The highest BCUT2D eigenvalue weighted by Gasteiger charge is 2.18. The Hall–Kier alpha value is -1.40. The Morgan fingerprint density at radius 1 is 0.403 bits per heavy atom. The van der Waals surface area contributed by atoms with E-state index in [4.69, 9.17) is 4.74 Å². The van der Waals surface area contributed by atoms with Crippen molar-refractivity contribution in [3.05, 3.63) is 12.2 Å². The van der Waals surface area contributed by atoms with Crippen LogP contribution in [0.15, 0.2) is 12.2 Å². The molecule has 0 spiro atoms. The fourth-order valence-electron chi connectivity index (χ4n) is 9.64. The van der Waals surface area contributed by atoms with Gasteiger partial charge in [-0.05, 0) is 32.1 Å². The van der Waals surface area contributed by atoms with Gasteiger partial charge in [-0.15, -0.1) is 0 Å². The first-order valence-corrected chi connectivity index (χ1v) is 30.5. The Kier molecular flexibility index (Phi) is 56.0. The number of nitrogens with one attached hydrogen (secondary N) is 1. The van der Waals surface area contributed by atoms with E-state index in [-0.39, 0.29) is 18.5 Å². The van der Waals surface area contributed by atoms with Gasteiger partial charge in [0.25, 0.3) is 0 Å². The minimum atomic E-state index is -0.842. The maximum Gasteiger partial charge on any atom is 0.305 e. The summed E-state index contributed by atoms with van der Waals surface area (Å²) in [6, 6.07) is -0.625. The first kappa shape index (κ1) is 65.6. The van der Waals surface area contributed by atoms with Crippen LogP contribution < -0.4 is 5.32 Å². The second kappa shape index (κ2) is 57.2.